The van der Waals surface area contributed by atoms with E-state index in [1.807, 2.05) is 36.4 Å². The predicted molar refractivity (Wildman–Crippen MR) is 251 cm³/mol. The maximum atomic E-state index is 14.7. The Labute approximate surface area is 377 Å². The maximum absolute atomic E-state index is 14.7. The van der Waals surface area contributed by atoms with E-state index in [0.717, 1.165) is 0 Å². The quantitative estimate of drug-likeness (QED) is 0.135. The summed E-state index contributed by atoms with van der Waals surface area (Å²) < 4.78 is 63.9. The molecule has 3 aliphatic heterocycles. The van der Waals surface area contributed by atoms with Crippen LogP contribution in [0.1, 0.15) is 0 Å². The van der Waals surface area contributed by atoms with E-state index in [1.54, 1.807) is 109 Å². The second kappa shape index (κ2) is 16.8. The minimum Gasteiger partial charge on any atom is -0.439 e. The van der Waals surface area contributed by atoms with Crippen molar-refractivity contribution in [3.8, 4) is 50.6 Å². The Balaban J connectivity index is 0.992. The van der Waals surface area contributed by atoms with Gasteiger partial charge in [-0.2, -0.15) is 0 Å². The molecule has 18 heteroatoms. The first-order valence-electron chi connectivity index (χ1n) is 21.2. The molecular weight excluding hydrogens is 903 g/mol. The van der Waals surface area contributed by atoms with E-state index in [1.165, 1.54) is 0 Å². The Hall–Kier alpha value is -6.30. The highest BCUT2D eigenvalue weighted by Gasteiger charge is 2.41. The van der Waals surface area contributed by atoms with Crippen LogP contribution in [-0.4, -0.2) is 65.8 Å². The number of nitrogens with zero attached hydrogens (tertiary/aromatic N) is 3. The van der Waals surface area contributed by atoms with E-state index in [0.29, 0.717) is 80.2 Å². The smallest absolute Gasteiger partial charge is 0.336 e. The fourth-order valence-corrected chi connectivity index (χ4v) is 16.3. The van der Waals surface area contributed by atoms with Crippen LogP contribution in [-0.2, 0) is 33.3 Å². The van der Waals surface area contributed by atoms with Crippen molar-refractivity contribution < 1.29 is 42.6 Å². The number of para-hydroxylation sites is 3. The van der Waals surface area contributed by atoms with E-state index in [4.69, 9.17) is 13.6 Å². The normalized spacial score (nSPS) is 21.1. The Morgan fingerprint density at radius 2 is 0.591 bits per heavy atom. The first kappa shape index (κ1) is 43.6. The summed E-state index contributed by atoms with van der Waals surface area (Å²) in [6.45, 7) is -2.38. The molecule has 0 bridgehead atoms. The first-order valence-corrected chi connectivity index (χ1v) is 26.6. The summed E-state index contributed by atoms with van der Waals surface area (Å²) in [6, 6.07) is 41.5. The molecule has 0 fully saturated rings. The molecule has 3 N–H and O–H groups in total. The van der Waals surface area contributed by atoms with Gasteiger partial charge in [-0.25, -0.2) is 28.1 Å². The lowest BCUT2D eigenvalue weighted by molar-refractivity contribution is 0.147. The van der Waals surface area contributed by atoms with Gasteiger partial charge in [0.05, 0.1) is 72.3 Å². The van der Waals surface area contributed by atoms with E-state index in [9.17, 15) is 43.4 Å². The zero-order chi connectivity index (χ0) is 46.0. The largest absolute Gasteiger partial charge is 0.439 e. The number of aliphatic hydroxyl groups is 3. The van der Waals surface area contributed by atoms with Crippen LogP contribution in [0.5, 0.6) is 17.2 Å². The van der Waals surface area contributed by atoms with E-state index < -0.39 is 95.6 Å². The Kier molecular flexibility index (Phi) is 11.1. The highest BCUT2D eigenvalue weighted by Crippen LogP contribution is 2.57. The third-order valence-electron chi connectivity index (χ3n) is 12.0. The van der Waals surface area contributed by atoms with Crippen molar-refractivity contribution in [2.75, 3.05) is 18.5 Å². The van der Waals surface area contributed by atoms with Crippen molar-refractivity contribution in [2.24, 2.45) is 0 Å². The molecule has 0 saturated carbocycles. The SMILES string of the molecule is O=c1n(CC(O)CP2(=O)Oc3ccccc3-c3ccccc32)c(=O)n(CC(O)CP2(=O)Oc3ccccc3-c3ccccc32)c(=O)n1CC(O)CP1(=O)Oc2ccccc2-c2ccccc21. The lowest BCUT2D eigenvalue weighted by Crippen LogP contribution is -2.57. The fourth-order valence-electron chi connectivity index (χ4n) is 9.12. The molecule has 66 heavy (non-hydrogen) atoms. The molecule has 6 aromatic carbocycles. The molecule has 0 spiro atoms. The maximum Gasteiger partial charge on any atom is 0.336 e. The average molecular weight is 946 g/mol. The van der Waals surface area contributed by atoms with Gasteiger partial charge in [0.15, 0.2) is 0 Å². The van der Waals surface area contributed by atoms with Gasteiger partial charge in [-0.05, 0) is 53.1 Å². The van der Waals surface area contributed by atoms with Crippen LogP contribution in [0.2, 0.25) is 0 Å². The molecular formula is C48H42N3O12P3. The number of aliphatic hydroxyl groups excluding tert-OH is 3. The van der Waals surface area contributed by atoms with Crippen LogP contribution in [0.3, 0.4) is 0 Å². The highest BCUT2D eigenvalue weighted by atomic mass is 31.2. The van der Waals surface area contributed by atoms with E-state index in [-0.39, 0.29) is 0 Å². The molecule has 15 nitrogen and oxygen atoms in total. The fraction of sp³-hybridized carbons (Fsp3) is 0.188. The minimum atomic E-state index is -3.91. The topological polar surface area (TPSA) is 206 Å². The third kappa shape index (κ3) is 7.65. The summed E-state index contributed by atoms with van der Waals surface area (Å²) in [5.74, 6) is 0.964. The third-order valence-corrected chi connectivity index (χ3v) is 19.6. The standard InChI is InChI=1S/C48H42N3O12P3/c52-31(28-64(58)43-22-10-4-16-37(43)34-13-1-7-19-40(34)61-64)25-49-46(55)50(26-32(53)29-65(59)44-23-11-5-17-38(44)35-14-2-8-20-41(35)62-65)48(57)51(47(49)56)27-33(54)30-66(60)45-24-12-6-18-39(45)36-15-3-9-21-42(36)63-66/h1-24,31-33,52-54H,25-30H2. The molecule has 336 valence electrons. The molecule has 0 radical (unpaired) electrons. The number of hydrogen-bond acceptors (Lipinski definition) is 12. The van der Waals surface area contributed by atoms with Crippen molar-refractivity contribution in [3.05, 3.63) is 177 Å². The van der Waals surface area contributed by atoms with Gasteiger partial charge in [0, 0.05) is 16.7 Å². The Morgan fingerprint density at radius 1 is 0.364 bits per heavy atom. The lowest BCUT2D eigenvalue weighted by atomic mass is 10.0. The van der Waals surface area contributed by atoms with Crippen molar-refractivity contribution >= 4 is 38.0 Å². The van der Waals surface area contributed by atoms with Gasteiger partial charge >= 0.3 is 17.1 Å². The highest BCUT2D eigenvalue weighted by molar-refractivity contribution is 7.68. The van der Waals surface area contributed by atoms with Gasteiger partial charge in [-0.1, -0.05) is 109 Å². The first-order chi connectivity index (χ1) is 31.7. The predicted octanol–water partition coefficient (Wildman–Crippen LogP) is 5.24. The van der Waals surface area contributed by atoms with Gasteiger partial charge < -0.3 is 28.9 Å². The Bertz CT molecular complexity index is 3030. The van der Waals surface area contributed by atoms with Crippen LogP contribution in [0, 0.1) is 0 Å². The second-order valence-electron chi connectivity index (χ2n) is 16.5. The number of aromatic nitrogens is 3. The summed E-state index contributed by atoms with van der Waals surface area (Å²) in [7, 11) is -11.7. The summed E-state index contributed by atoms with van der Waals surface area (Å²) in [5, 5.41) is 35.9. The number of fused-ring (bicyclic) bond motifs is 9. The summed E-state index contributed by atoms with van der Waals surface area (Å²) in [6.07, 6.45) is -6.67. The minimum absolute atomic E-state index is 0.321. The van der Waals surface area contributed by atoms with Crippen LogP contribution in [0.15, 0.2) is 160 Å². The second-order valence-corrected chi connectivity index (χ2v) is 23.7. The molecule has 0 amide bonds. The Morgan fingerprint density at radius 3 is 0.864 bits per heavy atom. The van der Waals surface area contributed by atoms with Gasteiger partial charge in [-0.15, -0.1) is 0 Å². The van der Waals surface area contributed by atoms with Gasteiger partial charge in [0.1, 0.15) is 17.2 Å². The van der Waals surface area contributed by atoms with Crippen LogP contribution < -0.4 is 46.6 Å². The van der Waals surface area contributed by atoms with Crippen LogP contribution >= 0.6 is 22.1 Å². The molecule has 6 atom stereocenters. The van der Waals surface area contributed by atoms with E-state index in [2.05, 4.69) is 0 Å². The molecule has 6 unspecified atom stereocenters. The van der Waals surface area contributed by atoms with Crippen LogP contribution in [0.4, 0.5) is 0 Å². The zero-order valence-electron chi connectivity index (χ0n) is 35.0. The van der Waals surface area contributed by atoms with Gasteiger partial charge in [0.25, 0.3) is 22.1 Å². The summed E-state index contributed by atoms with van der Waals surface area (Å²) >= 11 is 0. The summed E-state index contributed by atoms with van der Waals surface area (Å²) in [5.41, 5.74) is 0.235. The monoisotopic (exact) mass is 945 g/mol. The van der Waals surface area contributed by atoms with Crippen molar-refractivity contribution in [1.29, 1.82) is 0 Å². The number of benzene rings is 6. The molecule has 0 aliphatic carbocycles. The number of rotatable bonds is 12. The van der Waals surface area contributed by atoms with E-state index >= 15 is 0 Å². The molecule has 10 rings (SSSR count). The number of hydrogen-bond donors (Lipinski definition) is 3. The molecule has 0 saturated heterocycles. The lowest BCUT2D eigenvalue weighted by Gasteiger charge is -2.30. The average Bonchev–Trinajstić information content (AvgIpc) is 3.31. The molecule has 4 heterocycles. The van der Waals surface area contributed by atoms with Crippen molar-refractivity contribution in [3.63, 3.8) is 0 Å². The van der Waals surface area contributed by atoms with Gasteiger partial charge in [-0.3, -0.25) is 13.7 Å². The molecule has 1 aromatic heterocycles. The molecule has 7 aromatic rings. The van der Waals surface area contributed by atoms with Crippen LogP contribution in [0.25, 0.3) is 33.4 Å². The van der Waals surface area contributed by atoms with Crippen molar-refractivity contribution in [2.45, 2.75) is 37.9 Å². The zero-order valence-corrected chi connectivity index (χ0v) is 37.7. The summed E-state index contributed by atoms with van der Waals surface area (Å²) in [4.78, 5) is 43.1. The molecule has 3 aliphatic rings. The van der Waals surface area contributed by atoms with Crippen molar-refractivity contribution in [1.82, 2.24) is 13.7 Å². The van der Waals surface area contributed by atoms with Gasteiger partial charge in [0.2, 0.25) is 0 Å².